The van der Waals surface area contributed by atoms with Gasteiger partial charge in [0.05, 0.1) is 12.3 Å². The number of carbonyl (C=O) groups excluding carboxylic acids is 1. The highest BCUT2D eigenvalue weighted by atomic mass is 16.5. The molecule has 0 aliphatic rings. The van der Waals surface area contributed by atoms with E-state index < -0.39 is 6.10 Å². The van der Waals surface area contributed by atoms with Crippen LogP contribution in [0.4, 0.5) is 5.69 Å². The Labute approximate surface area is 172 Å². The number of pyridine rings is 1. The summed E-state index contributed by atoms with van der Waals surface area (Å²) < 4.78 is 11.7. The number of nitrogens with zero attached hydrogens (tertiary/aromatic N) is 1. The predicted molar refractivity (Wildman–Crippen MR) is 117 cm³/mol. The Morgan fingerprint density at radius 1 is 1.10 bits per heavy atom. The maximum atomic E-state index is 12.7. The van der Waals surface area contributed by atoms with Crippen LogP contribution in [0, 0.1) is 0 Å². The minimum absolute atomic E-state index is 0.214. The molecule has 0 bridgehead atoms. The number of benzene rings is 2. The number of rotatable bonds is 9. The Kier molecular flexibility index (Phi) is 7.06. The zero-order chi connectivity index (χ0) is 20.6. The number of hydrogen-bond acceptors (Lipinski definition) is 4. The number of nitrogens with one attached hydrogen (secondary N) is 1. The number of fused-ring (bicyclic) bond motifs is 1. The van der Waals surface area contributed by atoms with Crippen molar-refractivity contribution in [3.05, 3.63) is 60.3 Å². The number of aromatic nitrogens is 1. The van der Waals surface area contributed by atoms with Crippen molar-refractivity contribution < 1.29 is 14.3 Å². The average Bonchev–Trinajstić information content (AvgIpc) is 2.75. The number of ether oxygens (including phenoxy) is 2. The zero-order valence-corrected chi connectivity index (χ0v) is 17.3. The van der Waals surface area contributed by atoms with Gasteiger partial charge in [0, 0.05) is 11.6 Å². The second-order valence-electron chi connectivity index (χ2n) is 6.96. The monoisotopic (exact) mass is 392 g/mol. The van der Waals surface area contributed by atoms with Gasteiger partial charge in [0.15, 0.2) is 6.10 Å². The fourth-order valence-electron chi connectivity index (χ4n) is 2.99. The first kappa shape index (κ1) is 20.6. The Hall–Kier alpha value is -3.08. The highest BCUT2D eigenvalue weighted by Crippen LogP contribution is 2.30. The lowest BCUT2D eigenvalue weighted by molar-refractivity contribution is -0.122. The molecule has 1 atom stereocenters. The highest BCUT2D eigenvalue weighted by Gasteiger charge is 2.17. The second-order valence-corrected chi connectivity index (χ2v) is 6.96. The third-order valence-electron chi connectivity index (χ3n) is 4.76. The van der Waals surface area contributed by atoms with Crippen molar-refractivity contribution in [3.8, 4) is 11.5 Å². The minimum Gasteiger partial charge on any atom is -0.491 e. The normalized spacial score (nSPS) is 11.8. The van der Waals surface area contributed by atoms with Crippen LogP contribution in [0.3, 0.4) is 0 Å². The van der Waals surface area contributed by atoms with E-state index in [0.717, 1.165) is 35.9 Å². The summed E-state index contributed by atoms with van der Waals surface area (Å²) in [4.78, 5) is 17.1. The van der Waals surface area contributed by atoms with Crippen LogP contribution < -0.4 is 14.8 Å². The summed E-state index contributed by atoms with van der Waals surface area (Å²) in [5.41, 5.74) is 2.66. The van der Waals surface area contributed by atoms with Crippen molar-refractivity contribution in [2.45, 2.75) is 46.1 Å². The van der Waals surface area contributed by atoms with Crippen LogP contribution in [0.15, 0.2) is 54.7 Å². The van der Waals surface area contributed by atoms with E-state index in [2.05, 4.69) is 24.1 Å². The largest absolute Gasteiger partial charge is 0.491 e. The SMILES string of the molecule is CCCCOc1ccc(NC(=O)[C@@H](C)Oc2ccc(CC)cc2)c2cccnc12. The molecule has 0 saturated heterocycles. The van der Waals surface area contributed by atoms with Crippen LogP contribution in [-0.4, -0.2) is 23.6 Å². The van der Waals surface area contributed by atoms with Crippen molar-refractivity contribution in [2.24, 2.45) is 0 Å². The van der Waals surface area contributed by atoms with Crippen molar-refractivity contribution in [3.63, 3.8) is 0 Å². The summed E-state index contributed by atoms with van der Waals surface area (Å²) in [6, 6.07) is 15.3. The van der Waals surface area contributed by atoms with Gasteiger partial charge in [-0.25, -0.2) is 0 Å². The first-order valence-electron chi connectivity index (χ1n) is 10.2. The van der Waals surface area contributed by atoms with E-state index in [1.54, 1.807) is 13.1 Å². The molecule has 0 unspecified atom stereocenters. The summed E-state index contributed by atoms with van der Waals surface area (Å²) in [5, 5.41) is 3.80. The second kappa shape index (κ2) is 9.92. The number of anilines is 1. The number of carbonyl (C=O) groups is 1. The van der Waals surface area contributed by atoms with E-state index >= 15 is 0 Å². The van der Waals surface area contributed by atoms with E-state index in [1.807, 2.05) is 48.5 Å². The molecule has 3 rings (SSSR count). The van der Waals surface area contributed by atoms with Gasteiger partial charge in [-0.3, -0.25) is 9.78 Å². The topological polar surface area (TPSA) is 60.5 Å². The molecule has 2 aromatic carbocycles. The van der Waals surface area contributed by atoms with Gasteiger partial charge < -0.3 is 14.8 Å². The molecule has 3 aromatic rings. The fraction of sp³-hybridized carbons (Fsp3) is 0.333. The van der Waals surface area contributed by atoms with E-state index in [1.165, 1.54) is 5.56 Å². The lowest BCUT2D eigenvalue weighted by atomic mass is 10.1. The standard InChI is InChI=1S/C24H28N2O3/c1-4-6-16-28-22-14-13-21(20-8-7-15-25-23(20)22)26-24(27)17(3)29-19-11-9-18(5-2)10-12-19/h7-15,17H,4-6,16H2,1-3H3,(H,26,27)/t17-/m1/s1. The smallest absolute Gasteiger partial charge is 0.265 e. The molecule has 0 fully saturated rings. The molecule has 5 nitrogen and oxygen atoms in total. The lowest BCUT2D eigenvalue weighted by Crippen LogP contribution is -2.30. The summed E-state index contributed by atoms with van der Waals surface area (Å²) in [6.45, 7) is 6.62. The molecule has 1 heterocycles. The Balaban J connectivity index is 1.73. The molecule has 0 aliphatic carbocycles. The summed E-state index contributed by atoms with van der Waals surface area (Å²) in [6.07, 6.45) is 4.12. The Bertz CT molecular complexity index is 954. The third-order valence-corrected chi connectivity index (χ3v) is 4.76. The van der Waals surface area contributed by atoms with Gasteiger partial charge in [-0.1, -0.05) is 32.4 Å². The quantitative estimate of drug-likeness (QED) is 0.497. The van der Waals surface area contributed by atoms with Crippen LogP contribution >= 0.6 is 0 Å². The van der Waals surface area contributed by atoms with Gasteiger partial charge in [-0.05, 0) is 61.7 Å². The zero-order valence-electron chi connectivity index (χ0n) is 17.3. The maximum Gasteiger partial charge on any atom is 0.265 e. The molecule has 1 amide bonds. The lowest BCUT2D eigenvalue weighted by Gasteiger charge is -2.17. The number of unbranched alkanes of at least 4 members (excludes halogenated alkanes) is 1. The van der Waals surface area contributed by atoms with Crippen LogP contribution in [0.2, 0.25) is 0 Å². The highest BCUT2D eigenvalue weighted by molar-refractivity contribution is 6.04. The van der Waals surface area contributed by atoms with Gasteiger partial charge in [-0.15, -0.1) is 0 Å². The minimum atomic E-state index is -0.630. The maximum absolute atomic E-state index is 12.7. The summed E-state index contributed by atoms with van der Waals surface area (Å²) in [5.74, 6) is 1.19. The molecular formula is C24H28N2O3. The van der Waals surface area contributed by atoms with Crippen molar-refractivity contribution in [2.75, 3.05) is 11.9 Å². The first-order valence-corrected chi connectivity index (χ1v) is 10.2. The third kappa shape index (κ3) is 5.25. The summed E-state index contributed by atoms with van der Waals surface area (Å²) in [7, 11) is 0. The molecule has 5 heteroatoms. The molecule has 1 N–H and O–H groups in total. The van der Waals surface area contributed by atoms with Crippen molar-refractivity contribution >= 4 is 22.5 Å². The van der Waals surface area contributed by atoms with Crippen LogP contribution in [0.1, 0.15) is 39.2 Å². The van der Waals surface area contributed by atoms with Gasteiger partial charge in [0.1, 0.15) is 17.0 Å². The van der Waals surface area contributed by atoms with Gasteiger partial charge in [0.2, 0.25) is 0 Å². The molecule has 152 valence electrons. The van der Waals surface area contributed by atoms with Gasteiger partial charge in [0.25, 0.3) is 5.91 Å². The van der Waals surface area contributed by atoms with Crippen LogP contribution in [-0.2, 0) is 11.2 Å². The van der Waals surface area contributed by atoms with Crippen molar-refractivity contribution in [1.29, 1.82) is 0 Å². The Morgan fingerprint density at radius 2 is 1.90 bits per heavy atom. The first-order chi connectivity index (χ1) is 14.1. The fourth-order valence-corrected chi connectivity index (χ4v) is 2.99. The van der Waals surface area contributed by atoms with E-state index in [0.29, 0.717) is 18.0 Å². The van der Waals surface area contributed by atoms with E-state index in [9.17, 15) is 4.79 Å². The summed E-state index contributed by atoms with van der Waals surface area (Å²) >= 11 is 0. The molecule has 0 aliphatic heterocycles. The molecule has 0 saturated carbocycles. The molecule has 0 spiro atoms. The predicted octanol–water partition coefficient (Wildman–Crippen LogP) is 5.38. The molecule has 0 radical (unpaired) electrons. The molecule has 1 aromatic heterocycles. The van der Waals surface area contributed by atoms with Crippen molar-refractivity contribution in [1.82, 2.24) is 4.98 Å². The van der Waals surface area contributed by atoms with E-state index in [-0.39, 0.29) is 5.91 Å². The Morgan fingerprint density at radius 3 is 2.62 bits per heavy atom. The number of aryl methyl sites for hydroxylation is 1. The van der Waals surface area contributed by atoms with Gasteiger partial charge >= 0.3 is 0 Å². The van der Waals surface area contributed by atoms with Crippen LogP contribution in [0.25, 0.3) is 10.9 Å². The number of hydrogen-bond donors (Lipinski definition) is 1. The van der Waals surface area contributed by atoms with Gasteiger partial charge in [-0.2, -0.15) is 0 Å². The number of amides is 1. The van der Waals surface area contributed by atoms with Crippen LogP contribution in [0.5, 0.6) is 11.5 Å². The molecule has 29 heavy (non-hydrogen) atoms. The van der Waals surface area contributed by atoms with E-state index in [4.69, 9.17) is 9.47 Å². The molecular weight excluding hydrogens is 364 g/mol. The average molecular weight is 392 g/mol.